The van der Waals surface area contributed by atoms with Crippen LogP contribution in [0.5, 0.6) is 5.75 Å². The molecule has 0 aliphatic rings. The summed E-state index contributed by atoms with van der Waals surface area (Å²) in [5.74, 6) is -0.389. The van der Waals surface area contributed by atoms with Gasteiger partial charge >= 0.3 is 6.18 Å². The summed E-state index contributed by atoms with van der Waals surface area (Å²) in [6.45, 7) is 0.927. The number of rotatable bonds is 11. The number of aromatic amines is 1. The second-order valence-electron chi connectivity index (χ2n) is 9.66. The zero-order chi connectivity index (χ0) is 30.3. The van der Waals surface area contributed by atoms with E-state index >= 15 is 0 Å². The third-order valence-electron chi connectivity index (χ3n) is 6.36. The summed E-state index contributed by atoms with van der Waals surface area (Å²) in [5, 5.41) is 6.33. The molecule has 0 saturated carbocycles. The molecule has 0 atom stereocenters. The summed E-state index contributed by atoms with van der Waals surface area (Å²) in [6, 6.07) is 19.8. The lowest BCUT2D eigenvalue weighted by molar-refractivity contribution is -0.124. The van der Waals surface area contributed by atoms with E-state index < -0.39 is 18.5 Å². The number of hydrogen-bond acceptors (Lipinski definition) is 4. The van der Waals surface area contributed by atoms with Gasteiger partial charge in [0.15, 0.2) is 0 Å². The van der Waals surface area contributed by atoms with Crippen molar-refractivity contribution in [1.82, 2.24) is 19.5 Å². The number of allylic oxidation sites excluding steroid dienone is 1. The highest BCUT2D eigenvalue weighted by Crippen LogP contribution is 2.40. The molecular weight excluding hydrogens is 572 g/mol. The molecule has 1 aromatic heterocycles. The van der Waals surface area contributed by atoms with Crippen molar-refractivity contribution in [3.8, 4) is 5.75 Å². The Morgan fingerprint density at radius 1 is 1.00 bits per heavy atom. The maximum atomic E-state index is 14.4. The first-order chi connectivity index (χ1) is 20.0. The first kappa shape index (κ1) is 30.8. The molecule has 1 amide bonds. The van der Waals surface area contributed by atoms with Gasteiger partial charge in [-0.15, -0.1) is 5.10 Å². The van der Waals surface area contributed by atoms with Crippen LogP contribution in [-0.4, -0.2) is 65.4 Å². The van der Waals surface area contributed by atoms with Crippen LogP contribution in [0.2, 0.25) is 0 Å². The molecule has 3 aromatic carbocycles. The maximum absolute atomic E-state index is 14.4. The van der Waals surface area contributed by atoms with Crippen LogP contribution < -0.4 is 4.74 Å². The second-order valence-corrected chi connectivity index (χ2v) is 10.1. The molecule has 0 aliphatic carbocycles. The average molecular weight is 601 g/mol. The maximum Gasteiger partial charge on any atom is 0.393 e. The summed E-state index contributed by atoms with van der Waals surface area (Å²) < 4.78 is 63.3. The zero-order valence-electron chi connectivity index (χ0n) is 23.0. The van der Waals surface area contributed by atoms with Crippen molar-refractivity contribution in [2.24, 2.45) is 0 Å². The molecule has 4 rings (SSSR count). The molecule has 0 bridgehead atoms. The Hall–Kier alpha value is -4.15. The van der Waals surface area contributed by atoms with Gasteiger partial charge in [0.05, 0.1) is 17.3 Å². The average Bonchev–Trinajstić information content (AvgIpc) is 3.33. The van der Waals surface area contributed by atoms with Crippen LogP contribution >= 0.6 is 11.8 Å². The van der Waals surface area contributed by atoms with Crippen molar-refractivity contribution < 1.29 is 27.1 Å². The van der Waals surface area contributed by atoms with E-state index in [2.05, 4.69) is 10.2 Å². The van der Waals surface area contributed by atoms with Gasteiger partial charge < -0.3 is 9.64 Å². The monoisotopic (exact) mass is 600 g/mol. The van der Waals surface area contributed by atoms with Gasteiger partial charge in [-0.05, 0) is 63.9 Å². The fourth-order valence-corrected chi connectivity index (χ4v) is 4.46. The standard InChI is InChI=1S/C31H29ClF4N4O2/c1-39(2)28(41)9-6-16-40(32)17-18-42-24-13-10-22(11-14-24)29(23-12-15-27-25(19-23)30(33)38-37-27)26(20-31(34,35)36)21-7-4-3-5-8-21/h3-15,19H,16-18,20H2,1-2H3,(H,37,38)/b9-6+,29-26+. The van der Waals surface area contributed by atoms with Gasteiger partial charge in [0.1, 0.15) is 12.4 Å². The quantitative estimate of drug-likeness (QED) is 0.0864. The predicted octanol–water partition coefficient (Wildman–Crippen LogP) is 7.09. The number of fused-ring (bicyclic) bond motifs is 1. The molecule has 0 aliphatic heterocycles. The number of hydrogen-bond donors (Lipinski definition) is 1. The second kappa shape index (κ2) is 13.7. The van der Waals surface area contributed by atoms with Gasteiger partial charge in [-0.3, -0.25) is 9.89 Å². The van der Waals surface area contributed by atoms with Gasteiger partial charge in [-0.1, -0.05) is 54.6 Å². The topological polar surface area (TPSA) is 61.5 Å². The molecule has 6 nitrogen and oxygen atoms in total. The lowest BCUT2D eigenvalue weighted by atomic mass is 9.87. The van der Waals surface area contributed by atoms with Crippen LogP contribution in [0.1, 0.15) is 23.1 Å². The van der Waals surface area contributed by atoms with E-state index in [9.17, 15) is 22.4 Å². The van der Waals surface area contributed by atoms with E-state index in [1.165, 1.54) is 21.5 Å². The number of nitrogens with one attached hydrogen (secondary N) is 1. The van der Waals surface area contributed by atoms with E-state index in [1.54, 1.807) is 86.9 Å². The molecule has 1 N–H and O–H groups in total. The number of H-pyrrole nitrogens is 1. The number of likely N-dealkylation sites (N-methyl/N-ethyl adjacent to an activating group) is 1. The highest BCUT2D eigenvalue weighted by Gasteiger charge is 2.31. The molecule has 0 saturated heterocycles. The number of aromatic nitrogens is 2. The SMILES string of the molecule is CN(C)C(=O)/C=C/CN(Cl)CCOc1ccc(/C(=C(/CC(F)(F)F)c2ccccc2)c2ccc3[nH]nc(F)c3c2)cc1. The Bertz CT molecular complexity index is 1570. The molecular formula is C31H29ClF4N4O2. The van der Waals surface area contributed by atoms with Gasteiger partial charge in [0.2, 0.25) is 11.9 Å². The lowest BCUT2D eigenvalue weighted by Gasteiger charge is -2.19. The minimum absolute atomic E-state index is 0.0543. The smallest absolute Gasteiger partial charge is 0.393 e. The molecule has 1 heterocycles. The van der Waals surface area contributed by atoms with Crippen molar-refractivity contribution in [1.29, 1.82) is 0 Å². The van der Waals surface area contributed by atoms with E-state index in [0.29, 0.717) is 46.6 Å². The third-order valence-corrected chi connectivity index (χ3v) is 6.66. The normalized spacial score (nSPS) is 12.7. The summed E-state index contributed by atoms with van der Waals surface area (Å²) in [7, 11) is 3.30. The fraction of sp³-hybridized carbons (Fsp3) is 0.226. The highest BCUT2D eigenvalue weighted by molar-refractivity contribution is 6.13. The minimum Gasteiger partial charge on any atom is -0.492 e. The fourth-order valence-electron chi connectivity index (χ4n) is 4.32. The van der Waals surface area contributed by atoms with Crippen molar-refractivity contribution in [3.05, 3.63) is 108 Å². The molecule has 0 radical (unpaired) electrons. The van der Waals surface area contributed by atoms with E-state index in [0.717, 1.165) is 0 Å². The summed E-state index contributed by atoms with van der Waals surface area (Å²) in [6.07, 6.45) is -2.60. The summed E-state index contributed by atoms with van der Waals surface area (Å²) >= 11 is 6.18. The molecule has 42 heavy (non-hydrogen) atoms. The summed E-state index contributed by atoms with van der Waals surface area (Å²) in [4.78, 5) is 13.1. The van der Waals surface area contributed by atoms with Crippen molar-refractivity contribution >= 4 is 39.7 Å². The first-order valence-electron chi connectivity index (χ1n) is 13.0. The number of benzene rings is 3. The number of amides is 1. The van der Waals surface area contributed by atoms with Crippen LogP contribution in [0.4, 0.5) is 17.6 Å². The third kappa shape index (κ3) is 8.20. The Morgan fingerprint density at radius 2 is 1.69 bits per heavy atom. The van der Waals surface area contributed by atoms with Gasteiger partial charge in [0, 0.05) is 33.3 Å². The van der Waals surface area contributed by atoms with Gasteiger partial charge in [0.25, 0.3) is 0 Å². The molecule has 0 spiro atoms. The van der Waals surface area contributed by atoms with Crippen LogP contribution in [0.25, 0.3) is 22.0 Å². The van der Waals surface area contributed by atoms with E-state index in [-0.39, 0.29) is 23.5 Å². The van der Waals surface area contributed by atoms with E-state index in [4.69, 9.17) is 16.5 Å². The van der Waals surface area contributed by atoms with Crippen molar-refractivity contribution in [3.63, 3.8) is 0 Å². The van der Waals surface area contributed by atoms with Crippen LogP contribution in [0.15, 0.2) is 84.9 Å². The van der Waals surface area contributed by atoms with Crippen LogP contribution in [-0.2, 0) is 4.79 Å². The molecule has 0 unspecified atom stereocenters. The Labute approximate surface area is 245 Å². The number of carbonyl (C=O) groups excluding carboxylic acids is 1. The Morgan fingerprint density at radius 3 is 2.36 bits per heavy atom. The number of halogens is 5. The molecule has 0 fully saturated rings. The lowest BCUT2D eigenvalue weighted by Crippen LogP contribution is -2.21. The number of nitrogens with zero attached hydrogens (tertiary/aromatic N) is 3. The predicted molar refractivity (Wildman–Crippen MR) is 156 cm³/mol. The number of ether oxygens (including phenoxy) is 1. The van der Waals surface area contributed by atoms with Crippen molar-refractivity contribution in [2.45, 2.75) is 12.6 Å². The summed E-state index contributed by atoms with van der Waals surface area (Å²) in [5.41, 5.74) is 2.13. The Kier molecular flexibility index (Phi) is 10.0. The van der Waals surface area contributed by atoms with E-state index in [1.807, 2.05) is 0 Å². The number of carbonyl (C=O) groups is 1. The van der Waals surface area contributed by atoms with Crippen LogP contribution in [0.3, 0.4) is 0 Å². The number of alkyl halides is 3. The molecule has 4 aromatic rings. The highest BCUT2D eigenvalue weighted by atomic mass is 35.5. The molecule has 220 valence electrons. The van der Waals surface area contributed by atoms with Crippen molar-refractivity contribution in [2.75, 3.05) is 33.8 Å². The van der Waals surface area contributed by atoms with Crippen LogP contribution in [0, 0.1) is 5.95 Å². The first-order valence-corrected chi connectivity index (χ1v) is 13.4. The minimum atomic E-state index is -4.49. The van der Waals surface area contributed by atoms with Gasteiger partial charge in [-0.2, -0.15) is 17.6 Å². The zero-order valence-corrected chi connectivity index (χ0v) is 23.7. The molecule has 11 heteroatoms. The van der Waals surface area contributed by atoms with Gasteiger partial charge in [-0.25, -0.2) is 4.42 Å². The largest absolute Gasteiger partial charge is 0.492 e. The Balaban J connectivity index is 1.62.